The molecule has 1 saturated heterocycles. The van der Waals surface area contributed by atoms with Crippen molar-refractivity contribution in [1.82, 2.24) is 9.29 Å². The van der Waals surface area contributed by atoms with Crippen LogP contribution in [0, 0.1) is 5.82 Å². The largest absolute Gasteiger partial charge is 0.367 e. The van der Waals surface area contributed by atoms with Crippen LogP contribution in [0.2, 0.25) is 0 Å². The molecule has 5 rings (SSSR count). The molecule has 1 fully saturated rings. The fraction of sp³-hybridized carbons (Fsp3) is 0.375. The van der Waals surface area contributed by atoms with E-state index in [9.17, 15) is 17.6 Å². The third-order valence-corrected chi connectivity index (χ3v) is 8.58. The predicted molar refractivity (Wildman–Crippen MR) is 122 cm³/mol. The number of nitrogens with zero attached hydrogens (tertiary/aromatic N) is 2. The molecule has 1 aliphatic heterocycles. The number of ketones is 1. The summed E-state index contributed by atoms with van der Waals surface area (Å²) in [6.45, 7) is 3.36. The quantitative estimate of drug-likeness (QED) is 0.648. The van der Waals surface area contributed by atoms with Crippen LogP contribution in [0.25, 0.3) is 10.9 Å². The summed E-state index contributed by atoms with van der Waals surface area (Å²) >= 11 is 0. The number of Topliss-reactive ketones (excluding diaryl/α,β-unsaturated/α-hetero) is 1. The number of H-pyrrole nitrogens is 1. The van der Waals surface area contributed by atoms with E-state index in [4.69, 9.17) is 0 Å². The second kappa shape index (κ2) is 8.01. The minimum absolute atomic E-state index is 0.124. The first-order chi connectivity index (χ1) is 15.4. The highest BCUT2D eigenvalue weighted by Crippen LogP contribution is 2.34. The average molecular weight is 456 g/mol. The van der Waals surface area contributed by atoms with Gasteiger partial charge in [0, 0.05) is 54.8 Å². The number of fused-ring (bicyclic) bond motifs is 3. The number of nitrogens with one attached hydrogen (secondary N) is 1. The Hall–Kier alpha value is -2.71. The zero-order chi connectivity index (χ0) is 22.5. The molecule has 0 amide bonds. The topological polar surface area (TPSA) is 73.5 Å². The summed E-state index contributed by atoms with van der Waals surface area (Å²) in [5.41, 5.74) is 3.55. The molecule has 3 aromatic rings. The van der Waals surface area contributed by atoms with Gasteiger partial charge in [0.1, 0.15) is 5.82 Å². The van der Waals surface area contributed by atoms with Crippen molar-refractivity contribution in [3.8, 4) is 0 Å². The number of hydrogen-bond acceptors (Lipinski definition) is 4. The molecule has 1 aliphatic carbocycles. The van der Waals surface area contributed by atoms with E-state index < -0.39 is 10.0 Å². The summed E-state index contributed by atoms with van der Waals surface area (Å²) in [6.07, 6.45) is 2.70. The average Bonchev–Trinajstić information content (AvgIpc) is 3.17. The van der Waals surface area contributed by atoms with Crippen molar-refractivity contribution in [2.24, 2.45) is 0 Å². The number of carbonyl (C=O) groups excluding carboxylic acids is 1. The van der Waals surface area contributed by atoms with E-state index in [1.807, 2.05) is 17.9 Å². The van der Waals surface area contributed by atoms with Gasteiger partial charge < -0.3 is 9.88 Å². The molecule has 2 heterocycles. The number of para-hydroxylation sites is 1. The molecule has 0 bridgehead atoms. The van der Waals surface area contributed by atoms with Gasteiger partial charge in [-0.15, -0.1) is 0 Å². The van der Waals surface area contributed by atoms with E-state index in [1.165, 1.54) is 10.4 Å². The van der Waals surface area contributed by atoms with Crippen LogP contribution in [0.1, 0.15) is 41.4 Å². The Morgan fingerprint density at radius 1 is 1.06 bits per heavy atom. The second-order valence-corrected chi connectivity index (χ2v) is 10.4. The van der Waals surface area contributed by atoms with E-state index in [1.54, 1.807) is 24.3 Å². The number of aromatic amines is 1. The number of hydrogen-bond donors (Lipinski definition) is 1. The Balaban J connectivity index is 1.47. The molecule has 2 aromatic carbocycles. The predicted octanol–water partition coefficient (Wildman–Crippen LogP) is 3.90. The van der Waals surface area contributed by atoms with Crippen LogP contribution in [0.15, 0.2) is 41.3 Å². The number of sulfonamides is 1. The molecular formula is C24H26FN3O3S. The SMILES string of the molecule is CCc1cc2c3c([nH]c2cc1S(=O)(=O)N1CCN(c2ccccc2F)CC1)CCCC3=O. The van der Waals surface area contributed by atoms with Crippen LogP contribution in [0.4, 0.5) is 10.1 Å². The van der Waals surface area contributed by atoms with Crippen LogP contribution in [0.3, 0.4) is 0 Å². The Labute approximate surface area is 187 Å². The molecule has 2 aliphatic rings. The monoisotopic (exact) mass is 455 g/mol. The standard InChI is InChI=1S/C24H26FN3O3S/c1-2-16-14-17-20(26-19-7-5-9-22(29)24(17)19)15-23(16)32(30,31)28-12-10-27(11-13-28)21-8-4-3-6-18(21)25/h3-4,6,8,14-15,26H,2,5,7,9-13H2,1H3. The highest BCUT2D eigenvalue weighted by Gasteiger charge is 2.32. The van der Waals surface area contributed by atoms with Crippen molar-refractivity contribution in [2.45, 2.75) is 37.5 Å². The maximum absolute atomic E-state index is 14.1. The van der Waals surface area contributed by atoms with E-state index in [0.29, 0.717) is 42.7 Å². The van der Waals surface area contributed by atoms with Gasteiger partial charge in [-0.2, -0.15) is 4.31 Å². The van der Waals surface area contributed by atoms with Gasteiger partial charge in [-0.05, 0) is 49.1 Å². The van der Waals surface area contributed by atoms with Crippen molar-refractivity contribution >= 4 is 32.4 Å². The minimum Gasteiger partial charge on any atom is -0.367 e. The van der Waals surface area contributed by atoms with Crippen molar-refractivity contribution in [1.29, 1.82) is 0 Å². The third kappa shape index (κ3) is 3.42. The fourth-order valence-electron chi connectivity index (χ4n) is 4.91. The van der Waals surface area contributed by atoms with Gasteiger partial charge in [-0.1, -0.05) is 19.1 Å². The summed E-state index contributed by atoms with van der Waals surface area (Å²) in [5, 5.41) is 0.824. The molecule has 8 heteroatoms. The van der Waals surface area contributed by atoms with Crippen LogP contribution in [0.5, 0.6) is 0 Å². The molecular weight excluding hydrogens is 429 g/mol. The summed E-state index contributed by atoms with van der Waals surface area (Å²) in [6, 6.07) is 10.1. The van der Waals surface area contributed by atoms with Gasteiger partial charge in [-0.25, -0.2) is 12.8 Å². The lowest BCUT2D eigenvalue weighted by Crippen LogP contribution is -2.49. The number of anilines is 1. The van der Waals surface area contributed by atoms with E-state index >= 15 is 0 Å². The highest BCUT2D eigenvalue weighted by atomic mass is 32.2. The summed E-state index contributed by atoms with van der Waals surface area (Å²) in [5.74, 6) is -0.174. The molecule has 0 spiro atoms. The number of rotatable bonds is 4. The summed E-state index contributed by atoms with van der Waals surface area (Å²) in [4.78, 5) is 18.0. The zero-order valence-electron chi connectivity index (χ0n) is 18.0. The Morgan fingerprint density at radius 2 is 1.81 bits per heavy atom. The van der Waals surface area contributed by atoms with Crippen molar-refractivity contribution < 1.29 is 17.6 Å². The van der Waals surface area contributed by atoms with Crippen LogP contribution in [-0.4, -0.2) is 49.7 Å². The Kier molecular flexibility index (Phi) is 5.29. The van der Waals surface area contributed by atoms with Crippen LogP contribution in [-0.2, 0) is 22.9 Å². The highest BCUT2D eigenvalue weighted by molar-refractivity contribution is 7.89. The first kappa shape index (κ1) is 21.2. The van der Waals surface area contributed by atoms with E-state index in [2.05, 4.69) is 4.98 Å². The Morgan fingerprint density at radius 3 is 2.53 bits per heavy atom. The molecule has 1 aromatic heterocycles. The first-order valence-corrected chi connectivity index (χ1v) is 12.5. The van der Waals surface area contributed by atoms with Gasteiger partial charge in [0.25, 0.3) is 0 Å². The van der Waals surface area contributed by atoms with Crippen molar-refractivity contribution in [3.63, 3.8) is 0 Å². The number of piperazine rings is 1. The molecule has 0 unspecified atom stereocenters. The Bertz CT molecular complexity index is 1310. The van der Waals surface area contributed by atoms with Crippen molar-refractivity contribution in [3.05, 3.63) is 59.0 Å². The number of carbonyl (C=O) groups is 1. The third-order valence-electron chi connectivity index (χ3n) is 6.60. The molecule has 0 atom stereocenters. The number of aryl methyl sites for hydroxylation is 2. The smallest absolute Gasteiger partial charge is 0.243 e. The molecule has 168 valence electrons. The van der Waals surface area contributed by atoms with Crippen LogP contribution < -0.4 is 4.90 Å². The van der Waals surface area contributed by atoms with Gasteiger partial charge in [0.05, 0.1) is 10.6 Å². The molecule has 1 N–H and O–H groups in total. The van der Waals surface area contributed by atoms with E-state index in [0.717, 1.165) is 29.5 Å². The van der Waals surface area contributed by atoms with E-state index in [-0.39, 0.29) is 29.6 Å². The number of halogens is 1. The second-order valence-electron chi connectivity index (χ2n) is 8.46. The lowest BCUT2D eigenvalue weighted by molar-refractivity contribution is 0.0974. The van der Waals surface area contributed by atoms with Gasteiger partial charge >= 0.3 is 0 Å². The lowest BCUT2D eigenvalue weighted by atomic mass is 9.94. The molecule has 6 nitrogen and oxygen atoms in total. The molecule has 32 heavy (non-hydrogen) atoms. The van der Waals surface area contributed by atoms with Crippen LogP contribution >= 0.6 is 0 Å². The minimum atomic E-state index is -3.72. The normalized spacial score (nSPS) is 17.7. The number of aromatic nitrogens is 1. The maximum atomic E-state index is 14.1. The first-order valence-electron chi connectivity index (χ1n) is 11.1. The maximum Gasteiger partial charge on any atom is 0.243 e. The van der Waals surface area contributed by atoms with Gasteiger partial charge in [0.2, 0.25) is 10.0 Å². The molecule has 0 saturated carbocycles. The van der Waals surface area contributed by atoms with Gasteiger partial charge in [-0.3, -0.25) is 4.79 Å². The summed E-state index contributed by atoms with van der Waals surface area (Å²) < 4.78 is 42.8. The van der Waals surface area contributed by atoms with Crippen molar-refractivity contribution in [2.75, 3.05) is 31.1 Å². The number of benzene rings is 2. The molecule has 0 radical (unpaired) electrons. The fourth-order valence-corrected chi connectivity index (χ4v) is 6.64. The van der Waals surface area contributed by atoms with Gasteiger partial charge in [0.15, 0.2) is 5.78 Å². The zero-order valence-corrected chi connectivity index (χ0v) is 18.8. The summed E-state index contributed by atoms with van der Waals surface area (Å²) in [7, 11) is -3.72. The lowest BCUT2D eigenvalue weighted by Gasteiger charge is -2.35.